The Labute approximate surface area is 119 Å². The van der Waals surface area contributed by atoms with E-state index in [0.717, 1.165) is 12.2 Å². The molecule has 10 heteroatoms. The number of carboxylic acid groups (broad SMARTS) is 3. The summed E-state index contributed by atoms with van der Waals surface area (Å²) in [6.45, 7) is -0.140. The molecule has 3 atom stereocenters. The Balaban J connectivity index is 2.81. The minimum Gasteiger partial charge on any atom is -0.479 e. The number of methoxy groups -OCH3 is 2. The molecule has 0 aromatic rings. The molecule has 10 nitrogen and oxygen atoms in total. The number of aliphatic carboxylic acids is 3. The highest BCUT2D eigenvalue weighted by molar-refractivity contribution is 5.83. The predicted octanol–water partition coefficient (Wildman–Crippen LogP) is -1.35. The second-order valence-corrected chi connectivity index (χ2v) is 4.48. The monoisotopic (exact) mass is 307 g/mol. The lowest BCUT2D eigenvalue weighted by molar-refractivity contribution is -0.232. The van der Waals surface area contributed by atoms with E-state index in [-0.39, 0.29) is 19.5 Å². The van der Waals surface area contributed by atoms with Crippen molar-refractivity contribution in [2.45, 2.75) is 24.2 Å². The molecule has 0 bridgehead atoms. The van der Waals surface area contributed by atoms with Crippen molar-refractivity contribution in [2.75, 3.05) is 27.3 Å². The lowest BCUT2D eigenvalue weighted by Crippen LogP contribution is -2.48. The SMILES string of the molecule is COC(C(=O)O)C(ON1CCC(OC)(C(=O)O)C1)C(=O)O. The van der Waals surface area contributed by atoms with E-state index in [0.29, 0.717) is 0 Å². The quantitative estimate of drug-likeness (QED) is 0.492. The summed E-state index contributed by atoms with van der Waals surface area (Å²) in [7, 11) is 2.26. The summed E-state index contributed by atoms with van der Waals surface area (Å²) in [5.41, 5.74) is -1.51. The number of nitrogens with zero attached hydrogens (tertiary/aromatic N) is 1. The van der Waals surface area contributed by atoms with Crippen LogP contribution in [0.2, 0.25) is 0 Å². The van der Waals surface area contributed by atoms with Crippen LogP contribution < -0.4 is 0 Å². The van der Waals surface area contributed by atoms with E-state index in [1.807, 2.05) is 0 Å². The average molecular weight is 307 g/mol. The van der Waals surface area contributed by atoms with Crippen LogP contribution in [0.25, 0.3) is 0 Å². The summed E-state index contributed by atoms with van der Waals surface area (Å²) in [6, 6.07) is 0. The molecule has 1 fully saturated rings. The van der Waals surface area contributed by atoms with Crippen LogP contribution in [0.3, 0.4) is 0 Å². The molecule has 1 rings (SSSR count). The van der Waals surface area contributed by atoms with Crippen LogP contribution in [-0.4, -0.2) is 83.4 Å². The number of rotatable bonds is 8. The van der Waals surface area contributed by atoms with Gasteiger partial charge in [0, 0.05) is 27.2 Å². The van der Waals surface area contributed by atoms with Crippen molar-refractivity contribution >= 4 is 17.9 Å². The van der Waals surface area contributed by atoms with Gasteiger partial charge in [0.15, 0.2) is 11.7 Å². The van der Waals surface area contributed by atoms with Gasteiger partial charge in [0.05, 0.1) is 6.54 Å². The molecule has 0 spiro atoms. The fraction of sp³-hybridized carbons (Fsp3) is 0.727. The fourth-order valence-electron chi connectivity index (χ4n) is 2.01. The number of carboxylic acids is 3. The van der Waals surface area contributed by atoms with Crippen molar-refractivity contribution in [3.63, 3.8) is 0 Å². The van der Waals surface area contributed by atoms with Gasteiger partial charge in [-0.3, -0.25) is 4.84 Å². The highest BCUT2D eigenvalue weighted by Gasteiger charge is 2.48. The molecule has 0 aromatic carbocycles. The van der Waals surface area contributed by atoms with Crippen LogP contribution in [-0.2, 0) is 28.7 Å². The Morgan fingerprint density at radius 3 is 2.00 bits per heavy atom. The predicted molar refractivity (Wildman–Crippen MR) is 64.5 cm³/mol. The van der Waals surface area contributed by atoms with Crippen LogP contribution in [0.1, 0.15) is 6.42 Å². The molecule has 1 heterocycles. The van der Waals surface area contributed by atoms with Crippen LogP contribution in [0, 0.1) is 0 Å². The Morgan fingerprint density at radius 1 is 1.10 bits per heavy atom. The van der Waals surface area contributed by atoms with E-state index >= 15 is 0 Å². The van der Waals surface area contributed by atoms with E-state index < -0.39 is 35.7 Å². The Kier molecular flexibility index (Phi) is 5.61. The molecule has 1 aliphatic rings. The minimum atomic E-state index is -1.80. The minimum absolute atomic E-state index is 0.0793. The van der Waals surface area contributed by atoms with Gasteiger partial charge >= 0.3 is 17.9 Å². The smallest absolute Gasteiger partial charge is 0.338 e. The summed E-state index contributed by atoms with van der Waals surface area (Å²) in [6.07, 6.45) is -3.44. The molecule has 0 amide bonds. The van der Waals surface area contributed by atoms with Gasteiger partial charge in [0.2, 0.25) is 6.10 Å². The van der Waals surface area contributed by atoms with Gasteiger partial charge in [0.1, 0.15) is 0 Å². The second kappa shape index (κ2) is 6.80. The van der Waals surface area contributed by atoms with Crippen LogP contribution in [0.4, 0.5) is 0 Å². The maximum Gasteiger partial charge on any atom is 0.338 e. The van der Waals surface area contributed by atoms with E-state index in [9.17, 15) is 14.4 Å². The lowest BCUT2D eigenvalue weighted by Gasteiger charge is -2.26. The molecule has 0 aliphatic carbocycles. The number of carbonyl (C=O) groups is 3. The van der Waals surface area contributed by atoms with Crippen molar-refractivity contribution in [3.8, 4) is 0 Å². The lowest BCUT2D eigenvalue weighted by atomic mass is 10.0. The van der Waals surface area contributed by atoms with Crippen molar-refractivity contribution in [1.29, 1.82) is 0 Å². The first-order chi connectivity index (χ1) is 9.77. The molecule has 0 aromatic heterocycles. The largest absolute Gasteiger partial charge is 0.479 e. The van der Waals surface area contributed by atoms with Crippen molar-refractivity contribution in [1.82, 2.24) is 5.06 Å². The first-order valence-electron chi connectivity index (χ1n) is 5.96. The zero-order valence-electron chi connectivity index (χ0n) is 11.5. The number of ether oxygens (including phenoxy) is 2. The average Bonchev–Trinajstić information content (AvgIpc) is 2.82. The third-order valence-electron chi connectivity index (χ3n) is 3.26. The number of hydroxylamine groups is 2. The summed E-state index contributed by atoms with van der Waals surface area (Å²) in [5, 5.41) is 28.1. The summed E-state index contributed by atoms with van der Waals surface area (Å²) >= 11 is 0. The van der Waals surface area contributed by atoms with E-state index in [1.54, 1.807) is 0 Å². The molecule has 1 aliphatic heterocycles. The number of hydrogen-bond acceptors (Lipinski definition) is 7. The molecular weight excluding hydrogens is 290 g/mol. The van der Waals surface area contributed by atoms with E-state index in [4.69, 9.17) is 24.9 Å². The third kappa shape index (κ3) is 3.67. The standard InChI is InChI=1S/C11H17NO9/c1-19-6(8(13)14)7(9(15)16)21-12-4-3-11(5-12,20-2)10(17)18/h6-7H,3-5H2,1-2H3,(H,13,14)(H,15,16)(H,17,18). The molecule has 1 saturated heterocycles. The topological polar surface area (TPSA) is 143 Å². The molecule has 3 unspecified atom stereocenters. The highest BCUT2D eigenvalue weighted by atomic mass is 16.7. The Hall–Kier alpha value is -1.75. The highest BCUT2D eigenvalue weighted by Crippen LogP contribution is 2.26. The van der Waals surface area contributed by atoms with Gasteiger partial charge in [-0.1, -0.05) is 0 Å². The molecule has 0 saturated carbocycles. The van der Waals surface area contributed by atoms with Gasteiger partial charge in [-0.15, -0.1) is 0 Å². The van der Waals surface area contributed by atoms with Crippen molar-refractivity contribution < 1.29 is 44.0 Å². The van der Waals surface area contributed by atoms with Crippen LogP contribution in [0.5, 0.6) is 0 Å². The van der Waals surface area contributed by atoms with E-state index in [2.05, 4.69) is 4.74 Å². The van der Waals surface area contributed by atoms with Gasteiger partial charge < -0.3 is 24.8 Å². The maximum atomic E-state index is 11.2. The second-order valence-electron chi connectivity index (χ2n) is 4.48. The molecule has 0 radical (unpaired) electrons. The maximum absolute atomic E-state index is 11.2. The summed E-state index contributed by atoms with van der Waals surface area (Å²) in [5.74, 6) is -4.24. The van der Waals surface area contributed by atoms with Gasteiger partial charge in [-0.2, -0.15) is 5.06 Å². The van der Waals surface area contributed by atoms with Crippen LogP contribution in [0.15, 0.2) is 0 Å². The van der Waals surface area contributed by atoms with Crippen molar-refractivity contribution in [2.24, 2.45) is 0 Å². The molecule has 21 heavy (non-hydrogen) atoms. The van der Waals surface area contributed by atoms with Gasteiger partial charge in [-0.25, -0.2) is 14.4 Å². The zero-order valence-corrected chi connectivity index (χ0v) is 11.5. The first-order valence-corrected chi connectivity index (χ1v) is 5.96. The fourth-order valence-corrected chi connectivity index (χ4v) is 2.01. The van der Waals surface area contributed by atoms with Crippen LogP contribution >= 0.6 is 0 Å². The summed E-state index contributed by atoms with van der Waals surface area (Å²) in [4.78, 5) is 38.3. The Morgan fingerprint density at radius 2 is 1.67 bits per heavy atom. The molecular formula is C11H17NO9. The summed E-state index contributed by atoms with van der Waals surface area (Å²) < 4.78 is 9.54. The normalized spacial score (nSPS) is 25.4. The van der Waals surface area contributed by atoms with Crippen molar-refractivity contribution in [3.05, 3.63) is 0 Å². The van der Waals surface area contributed by atoms with Gasteiger partial charge in [-0.05, 0) is 0 Å². The molecule has 3 N–H and O–H groups in total. The van der Waals surface area contributed by atoms with Gasteiger partial charge in [0.25, 0.3) is 0 Å². The van der Waals surface area contributed by atoms with E-state index in [1.165, 1.54) is 7.11 Å². The number of hydrogen-bond donors (Lipinski definition) is 3. The zero-order chi connectivity index (χ0) is 16.2. The molecule has 120 valence electrons. The third-order valence-corrected chi connectivity index (χ3v) is 3.26. The first kappa shape index (κ1) is 17.3. The Bertz CT molecular complexity index is 426.